The van der Waals surface area contributed by atoms with Crippen molar-refractivity contribution in [1.29, 1.82) is 0 Å². The van der Waals surface area contributed by atoms with Gasteiger partial charge in [-0.3, -0.25) is 5.10 Å². The minimum absolute atomic E-state index is 0.302. The number of hydrogen-bond acceptors (Lipinski definition) is 5. The first-order valence-corrected chi connectivity index (χ1v) is 9.61. The number of ether oxygens (including phenoxy) is 1. The largest absolute Gasteiger partial charge is 0.366 e. The van der Waals surface area contributed by atoms with Crippen LogP contribution in [0.25, 0.3) is 10.7 Å². The molecule has 2 atom stereocenters. The zero-order valence-electron chi connectivity index (χ0n) is 13.0. The SMILES string of the molecule is CC(C)C[NH+]1CCO[C@@H](CSc2n[nH]c(-c3cccs3)n2)C1. The number of quaternary nitrogens is 1. The number of H-pyrrole nitrogens is 1. The highest BCUT2D eigenvalue weighted by Crippen LogP contribution is 2.23. The molecule has 0 aliphatic carbocycles. The van der Waals surface area contributed by atoms with Crippen LogP contribution in [0.4, 0.5) is 0 Å². The molecule has 0 amide bonds. The quantitative estimate of drug-likeness (QED) is 0.785. The highest BCUT2D eigenvalue weighted by atomic mass is 32.2. The van der Waals surface area contributed by atoms with Crippen molar-refractivity contribution >= 4 is 23.1 Å². The van der Waals surface area contributed by atoms with Gasteiger partial charge >= 0.3 is 0 Å². The molecule has 0 bridgehead atoms. The van der Waals surface area contributed by atoms with Crippen molar-refractivity contribution in [1.82, 2.24) is 15.2 Å². The van der Waals surface area contributed by atoms with Gasteiger partial charge in [-0.15, -0.1) is 16.4 Å². The molecule has 2 aromatic heterocycles. The molecule has 5 nitrogen and oxygen atoms in total. The molecule has 7 heteroatoms. The van der Waals surface area contributed by atoms with Gasteiger partial charge in [-0.2, -0.15) is 0 Å². The number of thioether (sulfide) groups is 1. The molecule has 1 aliphatic heterocycles. The molecule has 0 saturated carbocycles. The Labute approximate surface area is 139 Å². The van der Waals surface area contributed by atoms with Crippen LogP contribution < -0.4 is 4.90 Å². The lowest BCUT2D eigenvalue weighted by atomic mass is 10.2. The summed E-state index contributed by atoms with van der Waals surface area (Å²) in [5, 5.41) is 10.2. The Bertz CT molecular complexity index is 570. The first kappa shape index (κ1) is 16.0. The van der Waals surface area contributed by atoms with Crippen molar-refractivity contribution in [3.05, 3.63) is 17.5 Å². The molecule has 3 heterocycles. The lowest BCUT2D eigenvalue weighted by Crippen LogP contribution is -3.15. The standard InChI is InChI=1S/C15H22N4OS2/c1-11(2)8-19-5-6-20-12(9-19)10-22-15-16-14(17-18-15)13-4-3-7-21-13/h3-4,7,11-12H,5-6,8-10H2,1-2H3,(H,16,17,18)/p+1/t12-/m1/s1. The Balaban J connectivity index is 1.50. The molecule has 22 heavy (non-hydrogen) atoms. The van der Waals surface area contributed by atoms with Crippen molar-refractivity contribution in [2.45, 2.75) is 25.1 Å². The summed E-state index contributed by atoms with van der Waals surface area (Å²) in [6, 6.07) is 4.08. The van der Waals surface area contributed by atoms with Crippen molar-refractivity contribution in [2.24, 2.45) is 5.92 Å². The van der Waals surface area contributed by atoms with Crippen molar-refractivity contribution in [3.8, 4) is 10.7 Å². The van der Waals surface area contributed by atoms with Crippen molar-refractivity contribution in [2.75, 3.05) is 32.0 Å². The number of rotatable bonds is 6. The molecule has 120 valence electrons. The molecular weight excluding hydrogens is 316 g/mol. The van der Waals surface area contributed by atoms with Gasteiger partial charge in [0.05, 0.1) is 18.0 Å². The summed E-state index contributed by atoms with van der Waals surface area (Å²) in [6.45, 7) is 8.88. The second-order valence-corrected chi connectivity index (χ2v) is 7.98. The van der Waals surface area contributed by atoms with Crippen molar-refractivity contribution in [3.63, 3.8) is 0 Å². The fourth-order valence-corrected chi connectivity index (χ4v) is 4.20. The topological polar surface area (TPSA) is 55.2 Å². The van der Waals surface area contributed by atoms with Crippen LogP contribution in [-0.2, 0) is 4.74 Å². The van der Waals surface area contributed by atoms with Gasteiger partial charge in [0.25, 0.3) is 0 Å². The van der Waals surface area contributed by atoms with Crippen LogP contribution >= 0.6 is 23.1 Å². The summed E-state index contributed by atoms with van der Waals surface area (Å²) in [5.74, 6) is 2.51. The lowest BCUT2D eigenvalue weighted by molar-refractivity contribution is -0.914. The molecule has 0 aromatic carbocycles. The van der Waals surface area contributed by atoms with E-state index in [0.717, 1.165) is 47.2 Å². The summed E-state index contributed by atoms with van der Waals surface area (Å²) in [4.78, 5) is 7.33. The van der Waals surface area contributed by atoms with Gasteiger partial charge < -0.3 is 9.64 Å². The molecule has 2 N–H and O–H groups in total. The molecule has 1 fully saturated rings. The van der Waals surface area contributed by atoms with E-state index in [1.807, 2.05) is 11.4 Å². The smallest absolute Gasteiger partial charge is 0.208 e. The van der Waals surface area contributed by atoms with Crippen LogP contribution in [0.1, 0.15) is 13.8 Å². The van der Waals surface area contributed by atoms with Crippen LogP contribution in [-0.4, -0.2) is 53.3 Å². The molecule has 0 spiro atoms. The van der Waals surface area contributed by atoms with Gasteiger partial charge in [0.15, 0.2) is 5.82 Å². The van der Waals surface area contributed by atoms with Gasteiger partial charge in [-0.1, -0.05) is 31.7 Å². The Kier molecular flexibility index (Phi) is 5.51. The van der Waals surface area contributed by atoms with E-state index in [1.54, 1.807) is 28.0 Å². The maximum Gasteiger partial charge on any atom is 0.208 e. The molecule has 0 radical (unpaired) electrons. The Morgan fingerprint density at radius 1 is 1.55 bits per heavy atom. The number of nitrogens with zero attached hydrogens (tertiary/aromatic N) is 2. The molecular formula is C15H23N4OS2+. The maximum atomic E-state index is 5.89. The number of aromatic amines is 1. The third kappa shape index (κ3) is 4.32. The van der Waals surface area contributed by atoms with Crippen LogP contribution in [0, 0.1) is 5.92 Å². The molecule has 3 rings (SSSR count). The van der Waals surface area contributed by atoms with E-state index in [2.05, 4.69) is 35.1 Å². The predicted octanol–water partition coefficient (Wildman–Crippen LogP) is 1.57. The van der Waals surface area contributed by atoms with Gasteiger partial charge in [0, 0.05) is 11.7 Å². The number of nitrogens with one attached hydrogen (secondary N) is 2. The summed E-state index contributed by atoms with van der Waals surface area (Å²) in [7, 11) is 0. The second-order valence-electron chi connectivity index (χ2n) is 6.05. The van der Waals surface area contributed by atoms with E-state index < -0.39 is 0 Å². The van der Waals surface area contributed by atoms with Crippen LogP contribution in [0.5, 0.6) is 0 Å². The molecule has 1 saturated heterocycles. The monoisotopic (exact) mass is 339 g/mol. The Morgan fingerprint density at radius 2 is 2.45 bits per heavy atom. The minimum atomic E-state index is 0.302. The number of morpholine rings is 1. The predicted molar refractivity (Wildman–Crippen MR) is 90.6 cm³/mol. The third-order valence-electron chi connectivity index (χ3n) is 3.64. The zero-order valence-corrected chi connectivity index (χ0v) is 14.7. The van der Waals surface area contributed by atoms with Crippen LogP contribution in [0.2, 0.25) is 0 Å². The van der Waals surface area contributed by atoms with E-state index >= 15 is 0 Å². The van der Waals surface area contributed by atoms with E-state index in [0.29, 0.717) is 6.10 Å². The highest BCUT2D eigenvalue weighted by Gasteiger charge is 2.24. The fourth-order valence-electron chi connectivity index (χ4n) is 2.72. The van der Waals surface area contributed by atoms with Gasteiger partial charge in [-0.25, -0.2) is 4.98 Å². The number of hydrogen-bond donors (Lipinski definition) is 2. The molecule has 1 aliphatic rings. The van der Waals surface area contributed by atoms with E-state index in [4.69, 9.17) is 4.74 Å². The Hall–Kier alpha value is -0.890. The van der Waals surface area contributed by atoms with Gasteiger partial charge in [0.2, 0.25) is 5.16 Å². The first-order chi connectivity index (χ1) is 10.7. The number of thiophene rings is 1. The second kappa shape index (κ2) is 7.59. The van der Waals surface area contributed by atoms with Gasteiger partial charge in [-0.05, 0) is 11.4 Å². The fraction of sp³-hybridized carbons (Fsp3) is 0.600. The minimum Gasteiger partial charge on any atom is -0.366 e. The van der Waals surface area contributed by atoms with E-state index in [-0.39, 0.29) is 0 Å². The highest BCUT2D eigenvalue weighted by molar-refractivity contribution is 7.99. The summed E-state index contributed by atoms with van der Waals surface area (Å²) in [5.41, 5.74) is 0. The van der Waals surface area contributed by atoms with Crippen LogP contribution in [0.3, 0.4) is 0 Å². The van der Waals surface area contributed by atoms with Gasteiger partial charge in [0.1, 0.15) is 19.2 Å². The van der Waals surface area contributed by atoms with E-state index in [1.165, 1.54) is 6.54 Å². The molecule has 2 aromatic rings. The average Bonchev–Trinajstić information content (AvgIpc) is 3.16. The first-order valence-electron chi connectivity index (χ1n) is 7.75. The van der Waals surface area contributed by atoms with Crippen LogP contribution in [0.15, 0.2) is 22.7 Å². The maximum absolute atomic E-state index is 5.89. The zero-order chi connectivity index (χ0) is 15.4. The molecule has 1 unspecified atom stereocenters. The lowest BCUT2D eigenvalue weighted by Gasteiger charge is -2.30. The van der Waals surface area contributed by atoms with Crippen molar-refractivity contribution < 1.29 is 9.64 Å². The Morgan fingerprint density at radius 3 is 3.23 bits per heavy atom. The summed E-state index contributed by atoms with van der Waals surface area (Å²) in [6.07, 6.45) is 0.302. The third-order valence-corrected chi connectivity index (χ3v) is 5.50. The van der Waals surface area contributed by atoms with E-state index in [9.17, 15) is 0 Å². The summed E-state index contributed by atoms with van der Waals surface area (Å²) >= 11 is 3.35. The average molecular weight is 340 g/mol. The normalized spacial score (nSPS) is 22.3. The summed E-state index contributed by atoms with van der Waals surface area (Å²) < 4.78 is 5.89. The number of aromatic nitrogens is 3.